The summed E-state index contributed by atoms with van der Waals surface area (Å²) in [6.45, 7) is 2.22. The van der Waals surface area contributed by atoms with E-state index in [9.17, 15) is 0 Å². The maximum absolute atomic E-state index is 8.51. The monoisotopic (exact) mass is 185 g/mol. The summed E-state index contributed by atoms with van der Waals surface area (Å²) in [6.07, 6.45) is 1.95. The van der Waals surface area contributed by atoms with E-state index in [1.165, 1.54) is 4.88 Å². The normalized spacial score (nSPS) is 10.4. The predicted octanol–water partition coefficient (Wildman–Crippen LogP) is 1.26. The number of hydrogen-bond donors (Lipinski definition) is 2. The van der Waals surface area contributed by atoms with Gasteiger partial charge in [0.2, 0.25) is 0 Å². The van der Waals surface area contributed by atoms with Crippen molar-refractivity contribution in [3.8, 4) is 0 Å². The van der Waals surface area contributed by atoms with Crippen LogP contribution in [0.2, 0.25) is 0 Å². The molecule has 3 heteroatoms. The van der Waals surface area contributed by atoms with Crippen LogP contribution in [0.15, 0.2) is 17.5 Å². The molecule has 0 saturated heterocycles. The Morgan fingerprint density at radius 1 is 1.42 bits per heavy atom. The van der Waals surface area contributed by atoms with Gasteiger partial charge in [0, 0.05) is 11.5 Å². The third-order valence-corrected chi connectivity index (χ3v) is 2.58. The van der Waals surface area contributed by atoms with E-state index in [0.717, 1.165) is 25.9 Å². The van der Waals surface area contributed by atoms with Gasteiger partial charge in [0.05, 0.1) is 0 Å². The average molecular weight is 185 g/mol. The molecular formula is C9H15NOS. The van der Waals surface area contributed by atoms with E-state index in [2.05, 4.69) is 22.8 Å². The highest BCUT2D eigenvalue weighted by Gasteiger charge is 1.92. The van der Waals surface area contributed by atoms with Crippen LogP contribution in [0.1, 0.15) is 11.3 Å². The standard InChI is InChI=1S/C9H15NOS/c11-7-2-5-10-6-4-9-3-1-8-12-9/h1,3,8,10-11H,2,4-7H2. The third kappa shape index (κ3) is 3.85. The summed E-state index contributed by atoms with van der Waals surface area (Å²) in [5.74, 6) is 0. The number of thiophene rings is 1. The number of hydrogen-bond acceptors (Lipinski definition) is 3. The van der Waals surface area contributed by atoms with Gasteiger partial charge in [0.25, 0.3) is 0 Å². The smallest absolute Gasteiger partial charge is 0.0443 e. The first-order valence-electron chi connectivity index (χ1n) is 4.27. The lowest BCUT2D eigenvalue weighted by atomic mass is 10.3. The van der Waals surface area contributed by atoms with Crippen molar-refractivity contribution in [1.29, 1.82) is 0 Å². The fourth-order valence-electron chi connectivity index (χ4n) is 0.995. The van der Waals surface area contributed by atoms with E-state index < -0.39 is 0 Å². The van der Waals surface area contributed by atoms with Gasteiger partial charge in [0.1, 0.15) is 0 Å². The summed E-state index contributed by atoms with van der Waals surface area (Å²) >= 11 is 1.80. The summed E-state index contributed by atoms with van der Waals surface area (Å²) < 4.78 is 0. The van der Waals surface area contributed by atoms with E-state index in [4.69, 9.17) is 5.11 Å². The molecule has 1 rings (SSSR count). The highest BCUT2D eigenvalue weighted by Crippen LogP contribution is 2.07. The third-order valence-electron chi connectivity index (χ3n) is 1.64. The second-order valence-electron chi connectivity index (χ2n) is 2.66. The molecule has 0 saturated carbocycles. The predicted molar refractivity (Wildman–Crippen MR) is 52.6 cm³/mol. The first-order chi connectivity index (χ1) is 5.93. The van der Waals surface area contributed by atoms with Crippen LogP contribution in [0.3, 0.4) is 0 Å². The zero-order valence-electron chi connectivity index (χ0n) is 7.12. The maximum atomic E-state index is 8.51. The average Bonchev–Trinajstić information content (AvgIpc) is 2.57. The van der Waals surface area contributed by atoms with Crippen molar-refractivity contribution < 1.29 is 5.11 Å². The van der Waals surface area contributed by atoms with Crippen molar-refractivity contribution in [2.75, 3.05) is 19.7 Å². The lowest BCUT2D eigenvalue weighted by Crippen LogP contribution is -2.18. The van der Waals surface area contributed by atoms with E-state index in [1.54, 1.807) is 11.3 Å². The van der Waals surface area contributed by atoms with Crippen molar-refractivity contribution in [2.24, 2.45) is 0 Å². The Morgan fingerprint density at radius 3 is 3.00 bits per heavy atom. The summed E-state index contributed by atoms with van der Waals surface area (Å²) in [7, 11) is 0. The van der Waals surface area contributed by atoms with E-state index >= 15 is 0 Å². The topological polar surface area (TPSA) is 32.3 Å². The van der Waals surface area contributed by atoms with E-state index in [1.807, 2.05) is 0 Å². The van der Waals surface area contributed by atoms with Gasteiger partial charge in [-0.2, -0.15) is 0 Å². The van der Waals surface area contributed by atoms with Gasteiger partial charge < -0.3 is 10.4 Å². The van der Waals surface area contributed by atoms with Crippen LogP contribution in [-0.2, 0) is 6.42 Å². The molecule has 2 nitrogen and oxygen atoms in total. The quantitative estimate of drug-likeness (QED) is 0.654. The molecule has 0 aliphatic carbocycles. The molecule has 0 aromatic carbocycles. The van der Waals surface area contributed by atoms with Crippen molar-refractivity contribution in [1.82, 2.24) is 5.32 Å². The first kappa shape index (κ1) is 9.71. The molecule has 0 aliphatic heterocycles. The van der Waals surface area contributed by atoms with Crippen molar-refractivity contribution in [3.05, 3.63) is 22.4 Å². The molecule has 12 heavy (non-hydrogen) atoms. The molecule has 0 fully saturated rings. The van der Waals surface area contributed by atoms with Crippen LogP contribution >= 0.6 is 11.3 Å². The van der Waals surface area contributed by atoms with Gasteiger partial charge in [-0.25, -0.2) is 0 Å². The molecule has 0 spiro atoms. The zero-order valence-corrected chi connectivity index (χ0v) is 7.94. The van der Waals surface area contributed by atoms with Crippen LogP contribution in [0.25, 0.3) is 0 Å². The lowest BCUT2D eigenvalue weighted by molar-refractivity contribution is 0.286. The minimum absolute atomic E-state index is 0.284. The fourth-order valence-corrected chi connectivity index (χ4v) is 1.70. The van der Waals surface area contributed by atoms with Crippen molar-refractivity contribution in [3.63, 3.8) is 0 Å². The van der Waals surface area contributed by atoms with E-state index in [0.29, 0.717) is 0 Å². The Labute approximate surface area is 77.2 Å². The summed E-state index contributed by atoms with van der Waals surface area (Å²) in [4.78, 5) is 1.42. The van der Waals surface area contributed by atoms with E-state index in [-0.39, 0.29) is 6.61 Å². The molecule has 0 bridgehead atoms. The molecule has 0 radical (unpaired) electrons. The van der Waals surface area contributed by atoms with Gasteiger partial charge >= 0.3 is 0 Å². The van der Waals surface area contributed by atoms with Crippen LogP contribution in [-0.4, -0.2) is 24.8 Å². The molecule has 2 N–H and O–H groups in total. The number of aliphatic hydroxyl groups excluding tert-OH is 1. The number of nitrogens with one attached hydrogen (secondary N) is 1. The Bertz CT molecular complexity index is 186. The second kappa shape index (κ2) is 6.17. The van der Waals surface area contributed by atoms with Gasteiger partial charge in [-0.3, -0.25) is 0 Å². The SMILES string of the molecule is OCCCNCCc1cccs1. The largest absolute Gasteiger partial charge is 0.396 e. The van der Waals surface area contributed by atoms with Crippen LogP contribution < -0.4 is 5.32 Å². The lowest BCUT2D eigenvalue weighted by Gasteiger charge is -2.00. The minimum atomic E-state index is 0.284. The van der Waals surface area contributed by atoms with Crippen LogP contribution in [0.5, 0.6) is 0 Å². The molecule has 1 aromatic rings. The van der Waals surface area contributed by atoms with Crippen molar-refractivity contribution in [2.45, 2.75) is 12.8 Å². The highest BCUT2D eigenvalue weighted by molar-refractivity contribution is 7.09. The van der Waals surface area contributed by atoms with Gasteiger partial charge in [0.15, 0.2) is 0 Å². The maximum Gasteiger partial charge on any atom is 0.0443 e. The molecule has 0 amide bonds. The Balaban J connectivity index is 1.96. The highest BCUT2D eigenvalue weighted by atomic mass is 32.1. The summed E-state index contributed by atoms with van der Waals surface area (Å²) in [5.41, 5.74) is 0. The van der Waals surface area contributed by atoms with Gasteiger partial charge in [-0.15, -0.1) is 11.3 Å². The van der Waals surface area contributed by atoms with Crippen LogP contribution in [0.4, 0.5) is 0 Å². The van der Waals surface area contributed by atoms with Gasteiger partial charge in [-0.05, 0) is 37.4 Å². The molecule has 0 atom stereocenters. The molecule has 0 unspecified atom stereocenters. The molecular weight excluding hydrogens is 170 g/mol. The molecule has 1 heterocycles. The van der Waals surface area contributed by atoms with Gasteiger partial charge in [-0.1, -0.05) is 6.07 Å². The molecule has 0 aliphatic rings. The minimum Gasteiger partial charge on any atom is -0.396 e. The fraction of sp³-hybridized carbons (Fsp3) is 0.556. The zero-order chi connectivity index (χ0) is 8.65. The molecule has 1 aromatic heterocycles. The first-order valence-corrected chi connectivity index (χ1v) is 5.15. The summed E-state index contributed by atoms with van der Waals surface area (Å²) in [6, 6.07) is 4.23. The summed E-state index contributed by atoms with van der Waals surface area (Å²) in [5, 5.41) is 13.9. The Kier molecular flexibility index (Phi) is 4.99. The van der Waals surface area contributed by atoms with Crippen molar-refractivity contribution >= 4 is 11.3 Å². The Morgan fingerprint density at radius 2 is 2.33 bits per heavy atom. The second-order valence-corrected chi connectivity index (χ2v) is 3.69. The number of aliphatic hydroxyl groups is 1. The molecule has 68 valence electrons. The van der Waals surface area contributed by atoms with Crippen LogP contribution in [0, 0.1) is 0 Å². The number of rotatable bonds is 6. The Hall–Kier alpha value is -0.380.